The molecule has 21 heavy (non-hydrogen) atoms. The minimum absolute atomic E-state index is 0.0960. The summed E-state index contributed by atoms with van der Waals surface area (Å²) in [6, 6.07) is 5.36. The number of carbonyl (C=O) groups is 1. The molecule has 2 rings (SSSR count). The highest BCUT2D eigenvalue weighted by Crippen LogP contribution is 2.25. The third-order valence-electron chi connectivity index (χ3n) is 2.62. The number of hydrogen-bond acceptors (Lipinski definition) is 4. The summed E-state index contributed by atoms with van der Waals surface area (Å²) in [4.78, 5) is 26.4. The Morgan fingerprint density at radius 2 is 2.05 bits per heavy atom. The van der Waals surface area contributed by atoms with E-state index in [-0.39, 0.29) is 27.1 Å². The molecule has 0 bridgehead atoms. The number of nitro benzene ring substituents is 1. The van der Waals surface area contributed by atoms with Gasteiger partial charge in [0, 0.05) is 17.3 Å². The molecule has 0 aliphatic heterocycles. The maximum atomic E-state index is 12.2. The molecule has 1 N–H and O–H groups in total. The largest absolute Gasteiger partial charge is 0.319 e. The molecule has 0 fully saturated rings. The minimum Gasteiger partial charge on any atom is -0.319 e. The Hall–Kier alpha value is -2.18. The zero-order chi connectivity index (χ0) is 15.6. The monoisotopic (exact) mass is 325 g/mol. The molecular weight excluding hydrogens is 317 g/mol. The van der Waals surface area contributed by atoms with Gasteiger partial charge < -0.3 is 5.32 Å². The SMILES string of the molecule is Cc1cnc(Cl)c(NC(=O)c2cc(Cl)ccc2[N+](=O)[O-])c1. The van der Waals surface area contributed by atoms with Crippen LogP contribution in [0.15, 0.2) is 30.5 Å². The normalized spacial score (nSPS) is 10.2. The second-order valence-corrected chi connectivity index (χ2v) is 5.02. The van der Waals surface area contributed by atoms with Crippen LogP contribution in [0.5, 0.6) is 0 Å². The first-order chi connectivity index (χ1) is 9.88. The fourth-order valence-electron chi connectivity index (χ4n) is 1.68. The van der Waals surface area contributed by atoms with Crippen LogP contribution in [0.4, 0.5) is 11.4 Å². The molecule has 1 heterocycles. The Balaban J connectivity index is 2.39. The van der Waals surface area contributed by atoms with Gasteiger partial charge in [0.05, 0.1) is 10.6 Å². The van der Waals surface area contributed by atoms with E-state index in [2.05, 4.69) is 10.3 Å². The second-order valence-electron chi connectivity index (χ2n) is 4.22. The number of anilines is 1. The Morgan fingerprint density at radius 1 is 1.33 bits per heavy atom. The molecule has 8 heteroatoms. The molecule has 0 radical (unpaired) electrons. The number of hydrogen-bond donors (Lipinski definition) is 1. The van der Waals surface area contributed by atoms with Gasteiger partial charge in [-0.05, 0) is 30.7 Å². The summed E-state index contributed by atoms with van der Waals surface area (Å²) in [5, 5.41) is 13.8. The molecule has 6 nitrogen and oxygen atoms in total. The van der Waals surface area contributed by atoms with Crippen molar-refractivity contribution in [1.82, 2.24) is 4.98 Å². The van der Waals surface area contributed by atoms with E-state index in [9.17, 15) is 14.9 Å². The molecule has 0 atom stereocenters. The van der Waals surface area contributed by atoms with Crippen molar-refractivity contribution in [3.63, 3.8) is 0 Å². The first kappa shape index (κ1) is 15.2. The standard InChI is InChI=1S/C13H9Cl2N3O3/c1-7-4-10(12(15)16-6-7)17-13(19)9-5-8(14)2-3-11(9)18(20)21/h2-6H,1H3,(H,17,19). The van der Waals surface area contributed by atoms with Crippen molar-refractivity contribution in [2.45, 2.75) is 6.92 Å². The van der Waals surface area contributed by atoms with E-state index >= 15 is 0 Å². The molecule has 0 unspecified atom stereocenters. The van der Waals surface area contributed by atoms with Gasteiger partial charge in [-0.15, -0.1) is 0 Å². The molecule has 0 saturated carbocycles. The Bertz CT molecular complexity index is 735. The van der Waals surface area contributed by atoms with Gasteiger partial charge >= 0.3 is 0 Å². The summed E-state index contributed by atoms with van der Waals surface area (Å²) < 4.78 is 0. The molecule has 0 aliphatic rings. The molecule has 0 spiro atoms. The number of aryl methyl sites for hydroxylation is 1. The van der Waals surface area contributed by atoms with Crippen molar-refractivity contribution in [3.8, 4) is 0 Å². The second kappa shape index (κ2) is 6.07. The zero-order valence-electron chi connectivity index (χ0n) is 10.8. The summed E-state index contributed by atoms with van der Waals surface area (Å²) in [5.74, 6) is -0.682. The van der Waals surface area contributed by atoms with Crippen molar-refractivity contribution < 1.29 is 9.72 Å². The summed E-state index contributed by atoms with van der Waals surface area (Å²) in [6.07, 6.45) is 1.54. The number of carbonyl (C=O) groups excluding carboxylic acids is 1. The molecule has 0 saturated heterocycles. The van der Waals surface area contributed by atoms with Crippen molar-refractivity contribution in [2.75, 3.05) is 5.32 Å². The fourth-order valence-corrected chi connectivity index (χ4v) is 2.00. The predicted molar refractivity (Wildman–Crippen MR) is 80.0 cm³/mol. The smallest absolute Gasteiger partial charge is 0.282 e. The highest BCUT2D eigenvalue weighted by atomic mass is 35.5. The molecule has 2 aromatic rings. The number of halogens is 2. The number of nitrogens with zero attached hydrogens (tertiary/aromatic N) is 2. The van der Waals surface area contributed by atoms with E-state index in [4.69, 9.17) is 23.2 Å². The number of aromatic nitrogens is 1. The maximum absolute atomic E-state index is 12.2. The number of nitrogens with one attached hydrogen (secondary N) is 1. The molecule has 108 valence electrons. The number of rotatable bonds is 3. The summed E-state index contributed by atoms with van der Waals surface area (Å²) in [6.45, 7) is 1.78. The average Bonchev–Trinajstić information content (AvgIpc) is 2.42. The van der Waals surface area contributed by atoms with Crippen molar-refractivity contribution in [3.05, 3.63) is 61.9 Å². The first-order valence-corrected chi connectivity index (χ1v) is 6.51. The Kier molecular flexibility index (Phi) is 4.40. The third-order valence-corrected chi connectivity index (χ3v) is 3.16. The quantitative estimate of drug-likeness (QED) is 0.527. The maximum Gasteiger partial charge on any atom is 0.282 e. The van der Waals surface area contributed by atoms with Crippen LogP contribution >= 0.6 is 23.2 Å². The lowest BCUT2D eigenvalue weighted by molar-refractivity contribution is -0.385. The fraction of sp³-hybridized carbons (Fsp3) is 0.0769. The lowest BCUT2D eigenvalue weighted by Crippen LogP contribution is -2.14. The van der Waals surface area contributed by atoms with Crippen molar-refractivity contribution in [1.29, 1.82) is 0 Å². The van der Waals surface area contributed by atoms with Gasteiger partial charge in [-0.3, -0.25) is 14.9 Å². The zero-order valence-corrected chi connectivity index (χ0v) is 12.3. The van der Waals surface area contributed by atoms with Gasteiger partial charge in [-0.25, -0.2) is 4.98 Å². The first-order valence-electron chi connectivity index (χ1n) is 5.76. The third kappa shape index (κ3) is 3.48. The van der Waals surface area contributed by atoms with Crippen LogP contribution in [0.3, 0.4) is 0 Å². The molecule has 1 amide bonds. The lowest BCUT2D eigenvalue weighted by atomic mass is 10.1. The van der Waals surface area contributed by atoms with E-state index in [0.717, 1.165) is 5.56 Å². The van der Waals surface area contributed by atoms with E-state index in [0.29, 0.717) is 0 Å². The number of nitro groups is 1. The minimum atomic E-state index is -0.682. The number of pyridine rings is 1. The van der Waals surface area contributed by atoms with E-state index in [1.165, 1.54) is 18.2 Å². The summed E-state index contributed by atoms with van der Waals surface area (Å²) >= 11 is 11.7. The number of amides is 1. The molecule has 1 aromatic carbocycles. The van der Waals surface area contributed by atoms with Crippen LogP contribution < -0.4 is 5.32 Å². The van der Waals surface area contributed by atoms with Crippen LogP contribution in [-0.2, 0) is 0 Å². The van der Waals surface area contributed by atoms with Crippen molar-refractivity contribution in [2.24, 2.45) is 0 Å². The van der Waals surface area contributed by atoms with Crippen LogP contribution in [-0.4, -0.2) is 15.8 Å². The van der Waals surface area contributed by atoms with Crippen LogP contribution in [0.25, 0.3) is 0 Å². The van der Waals surface area contributed by atoms with E-state index < -0.39 is 10.8 Å². The average molecular weight is 326 g/mol. The van der Waals surface area contributed by atoms with Crippen molar-refractivity contribution >= 4 is 40.5 Å². The molecule has 0 aliphatic carbocycles. The highest BCUT2D eigenvalue weighted by Gasteiger charge is 2.21. The van der Waals surface area contributed by atoms with Gasteiger partial charge in [0.2, 0.25) is 0 Å². The number of benzene rings is 1. The molecule has 1 aromatic heterocycles. The molecular formula is C13H9Cl2N3O3. The van der Waals surface area contributed by atoms with Gasteiger partial charge in [-0.1, -0.05) is 23.2 Å². The lowest BCUT2D eigenvalue weighted by Gasteiger charge is -2.08. The van der Waals surface area contributed by atoms with E-state index in [1.807, 2.05) is 0 Å². The van der Waals surface area contributed by atoms with E-state index in [1.54, 1.807) is 19.2 Å². The van der Waals surface area contributed by atoms with Gasteiger partial charge in [0.1, 0.15) is 5.56 Å². The van der Waals surface area contributed by atoms with Gasteiger partial charge in [0.15, 0.2) is 5.15 Å². The Morgan fingerprint density at radius 3 is 2.71 bits per heavy atom. The van der Waals surface area contributed by atoms with Crippen LogP contribution in [0.2, 0.25) is 10.2 Å². The Labute approximate surface area is 129 Å². The highest BCUT2D eigenvalue weighted by molar-refractivity contribution is 6.33. The summed E-state index contributed by atoms with van der Waals surface area (Å²) in [5.41, 5.74) is 0.574. The van der Waals surface area contributed by atoms with Crippen LogP contribution in [0.1, 0.15) is 15.9 Å². The summed E-state index contributed by atoms with van der Waals surface area (Å²) in [7, 11) is 0. The van der Waals surface area contributed by atoms with Gasteiger partial charge in [-0.2, -0.15) is 0 Å². The topological polar surface area (TPSA) is 85.1 Å². The van der Waals surface area contributed by atoms with Crippen LogP contribution in [0, 0.1) is 17.0 Å². The van der Waals surface area contributed by atoms with Gasteiger partial charge in [0.25, 0.3) is 11.6 Å². The predicted octanol–water partition coefficient (Wildman–Crippen LogP) is 3.86.